The molecule has 1 atom stereocenters. The maximum Gasteiger partial charge on any atom is 0.252 e. The molecule has 2 heterocycles. The van der Waals surface area contributed by atoms with Gasteiger partial charge in [0.2, 0.25) is 0 Å². The van der Waals surface area contributed by atoms with E-state index in [2.05, 4.69) is 17.2 Å². The maximum absolute atomic E-state index is 12.7. The molecule has 0 aliphatic rings. The van der Waals surface area contributed by atoms with Crippen molar-refractivity contribution in [1.29, 1.82) is 0 Å². The van der Waals surface area contributed by atoms with E-state index in [1.807, 2.05) is 49.4 Å². The minimum atomic E-state index is -0.0677. The van der Waals surface area contributed by atoms with Gasteiger partial charge in [-0.2, -0.15) is 0 Å². The number of amides is 1. The number of para-hydroxylation sites is 1. The largest absolute Gasteiger partial charge is 0.350 e. The van der Waals surface area contributed by atoms with Crippen LogP contribution in [0.3, 0.4) is 0 Å². The lowest BCUT2D eigenvalue weighted by atomic mass is 10.1. The van der Waals surface area contributed by atoms with Crippen LogP contribution in [0.15, 0.2) is 42.5 Å². The number of halogens is 1. The minimum Gasteiger partial charge on any atom is -0.350 e. The lowest BCUT2D eigenvalue weighted by Crippen LogP contribution is -2.32. The number of rotatable bonds is 4. The van der Waals surface area contributed by atoms with Crippen LogP contribution in [0.1, 0.15) is 30.6 Å². The van der Waals surface area contributed by atoms with Crippen molar-refractivity contribution in [3.63, 3.8) is 0 Å². The first-order valence-electron chi connectivity index (χ1n) is 7.55. The highest BCUT2D eigenvalue weighted by atomic mass is 35.5. The van der Waals surface area contributed by atoms with Gasteiger partial charge in [-0.3, -0.25) is 4.79 Å². The average molecular weight is 345 g/mol. The Kier molecular flexibility index (Phi) is 4.64. The number of pyridine rings is 1. The van der Waals surface area contributed by atoms with Crippen LogP contribution in [-0.4, -0.2) is 16.9 Å². The van der Waals surface area contributed by atoms with Gasteiger partial charge in [-0.1, -0.05) is 36.7 Å². The second-order valence-corrected chi connectivity index (χ2v) is 7.17. The van der Waals surface area contributed by atoms with Gasteiger partial charge in [-0.25, -0.2) is 4.98 Å². The standard InChI is InChI=1S/C18H17ClN2OS/c1-3-11(2)20-18(22)13-10-15(16-8-9-17(19)23-16)21-14-7-5-4-6-12(13)14/h4-11H,3H2,1-2H3,(H,20,22)/t11-/m1/s1. The third-order valence-corrected chi connectivity index (χ3v) is 5.03. The molecule has 0 bridgehead atoms. The predicted octanol–water partition coefficient (Wildman–Crippen LogP) is 5.15. The van der Waals surface area contributed by atoms with E-state index in [0.29, 0.717) is 9.90 Å². The Labute approximate surface area is 144 Å². The first kappa shape index (κ1) is 16.0. The summed E-state index contributed by atoms with van der Waals surface area (Å²) in [6.45, 7) is 4.05. The van der Waals surface area contributed by atoms with E-state index in [1.54, 1.807) is 0 Å². The molecule has 0 saturated heterocycles. The normalized spacial score (nSPS) is 12.3. The Bertz CT molecular complexity index is 859. The zero-order chi connectivity index (χ0) is 16.4. The molecule has 0 spiro atoms. The van der Waals surface area contributed by atoms with E-state index in [-0.39, 0.29) is 11.9 Å². The van der Waals surface area contributed by atoms with Crippen LogP contribution in [0.5, 0.6) is 0 Å². The number of carbonyl (C=O) groups excluding carboxylic acids is 1. The Morgan fingerprint density at radius 2 is 2.09 bits per heavy atom. The summed E-state index contributed by atoms with van der Waals surface area (Å²) < 4.78 is 0.709. The summed E-state index contributed by atoms with van der Waals surface area (Å²) in [6, 6.07) is 13.5. The number of hydrogen-bond donors (Lipinski definition) is 1. The molecule has 3 rings (SSSR count). The molecule has 0 saturated carbocycles. The first-order valence-corrected chi connectivity index (χ1v) is 8.74. The highest BCUT2D eigenvalue weighted by Gasteiger charge is 2.15. The summed E-state index contributed by atoms with van der Waals surface area (Å²) in [6.07, 6.45) is 0.891. The van der Waals surface area contributed by atoms with Crippen LogP contribution in [-0.2, 0) is 0 Å². The molecular formula is C18H17ClN2OS. The summed E-state index contributed by atoms with van der Waals surface area (Å²) in [4.78, 5) is 18.3. The fraction of sp³-hybridized carbons (Fsp3) is 0.222. The number of fused-ring (bicyclic) bond motifs is 1. The maximum atomic E-state index is 12.7. The van der Waals surface area contributed by atoms with E-state index in [9.17, 15) is 4.79 Å². The molecule has 1 aromatic carbocycles. The highest BCUT2D eigenvalue weighted by molar-refractivity contribution is 7.19. The number of nitrogens with one attached hydrogen (secondary N) is 1. The molecule has 0 unspecified atom stereocenters. The third kappa shape index (κ3) is 3.38. The molecule has 0 radical (unpaired) electrons. The third-order valence-electron chi connectivity index (χ3n) is 3.78. The molecule has 3 aromatic rings. The Morgan fingerprint density at radius 3 is 2.78 bits per heavy atom. The molecule has 1 amide bonds. The number of nitrogens with zero attached hydrogens (tertiary/aromatic N) is 1. The lowest BCUT2D eigenvalue weighted by molar-refractivity contribution is 0.0941. The van der Waals surface area contributed by atoms with Crippen LogP contribution < -0.4 is 5.32 Å². The second kappa shape index (κ2) is 6.69. The predicted molar refractivity (Wildman–Crippen MR) is 97.3 cm³/mol. The SMILES string of the molecule is CC[C@@H](C)NC(=O)c1cc(-c2ccc(Cl)s2)nc2ccccc12. The van der Waals surface area contributed by atoms with Crippen LogP contribution in [0.2, 0.25) is 4.34 Å². The van der Waals surface area contributed by atoms with Gasteiger partial charge in [0.1, 0.15) is 0 Å². The van der Waals surface area contributed by atoms with Gasteiger partial charge in [0.05, 0.1) is 26.0 Å². The van der Waals surface area contributed by atoms with Gasteiger partial charge < -0.3 is 5.32 Å². The zero-order valence-electron chi connectivity index (χ0n) is 13.0. The Morgan fingerprint density at radius 1 is 1.30 bits per heavy atom. The Hall–Kier alpha value is -1.91. The van der Waals surface area contributed by atoms with Gasteiger partial charge in [0.15, 0.2) is 0 Å². The van der Waals surface area contributed by atoms with Gasteiger partial charge in [-0.15, -0.1) is 11.3 Å². The van der Waals surface area contributed by atoms with Crippen LogP contribution in [0, 0.1) is 0 Å². The number of thiophene rings is 1. The molecule has 0 aliphatic heterocycles. The zero-order valence-corrected chi connectivity index (χ0v) is 14.5. The molecule has 0 aliphatic carbocycles. The summed E-state index contributed by atoms with van der Waals surface area (Å²) in [7, 11) is 0. The van der Waals surface area contributed by atoms with Crippen molar-refractivity contribution in [2.45, 2.75) is 26.3 Å². The van der Waals surface area contributed by atoms with E-state index in [1.165, 1.54) is 11.3 Å². The topological polar surface area (TPSA) is 42.0 Å². The van der Waals surface area contributed by atoms with Crippen LogP contribution >= 0.6 is 22.9 Å². The molecule has 118 valence electrons. The molecule has 5 heteroatoms. The summed E-state index contributed by atoms with van der Waals surface area (Å²) in [5.41, 5.74) is 2.23. The van der Waals surface area contributed by atoms with E-state index >= 15 is 0 Å². The number of carbonyl (C=O) groups is 1. The van der Waals surface area contributed by atoms with Crippen molar-refractivity contribution in [3.05, 3.63) is 52.4 Å². The minimum absolute atomic E-state index is 0.0677. The molecule has 1 N–H and O–H groups in total. The molecule has 23 heavy (non-hydrogen) atoms. The number of aromatic nitrogens is 1. The number of hydrogen-bond acceptors (Lipinski definition) is 3. The fourth-order valence-corrected chi connectivity index (χ4v) is 3.35. The monoisotopic (exact) mass is 344 g/mol. The lowest BCUT2D eigenvalue weighted by Gasteiger charge is -2.13. The number of benzene rings is 1. The molecule has 0 fully saturated rings. The van der Waals surface area contributed by atoms with E-state index < -0.39 is 0 Å². The van der Waals surface area contributed by atoms with Gasteiger partial charge in [0, 0.05) is 11.4 Å². The van der Waals surface area contributed by atoms with Crippen molar-refractivity contribution in [1.82, 2.24) is 10.3 Å². The summed E-state index contributed by atoms with van der Waals surface area (Å²) in [5.74, 6) is -0.0677. The fourth-order valence-electron chi connectivity index (χ4n) is 2.35. The van der Waals surface area contributed by atoms with Crippen molar-refractivity contribution < 1.29 is 4.79 Å². The molecule has 2 aromatic heterocycles. The van der Waals surface area contributed by atoms with Gasteiger partial charge >= 0.3 is 0 Å². The van der Waals surface area contributed by atoms with Crippen molar-refractivity contribution in [2.75, 3.05) is 0 Å². The quantitative estimate of drug-likeness (QED) is 0.711. The Balaban J connectivity index is 2.13. The van der Waals surface area contributed by atoms with Crippen molar-refractivity contribution >= 4 is 39.7 Å². The average Bonchev–Trinajstić information content (AvgIpc) is 3.00. The summed E-state index contributed by atoms with van der Waals surface area (Å²) >= 11 is 7.49. The van der Waals surface area contributed by atoms with Crippen molar-refractivity contribution in [3.8, 4) is 10.6 Å². The molecular weight excluding hydrogens is 328 g/mol. The first-order chi connectivity index (χ1) is 11.1. The highest BCUT2D eigenvalue weighted by Crippen LogP contribution is 2.32. The van der Waals surface area contributed by atoms with Gasteiger partial charge in [0.25, 0.3) is 5.91 Å². The smallest absolute Gasteiger partial charge is 0.252 e. The van der Waals surface area contributed by atoms with Crippen LogP contribution in [0.4, 0.5) is 0 Å². The van der Waals surface area contributed by atoms with Crippen molar-refractivity contribution in [2.24, 2.45) is 0 Å². The summed E-state index contributed by atoms with van der Waals surface area (Å²) in [5, 5.41) is 3.89. The molecule has 3 nitrogen and oxygen atoms in total. The van der Waals surface area contributed by atoms with E-state index in [0.717, 1.165) is 27.9 Å². The van der Waals surface area contributed by atoms with Gasteiger partial charge in [-0.05, 0) is 37.6 Å². The van der Waals surface area contributed by atoms with Crippen LogP contribution in [0.25, 0.3) is 21.5 Å². The van der Waals surface area contributed by atoms with E-state index in [4.69, 9.17) is 11.6 Å². The second-order valence-electron chi connectivity index (χ2n) is 5.46.